The number of rotatable bonds is 10. The predicted molar refractivity (Wildman–Crippen MR) is 81.6 cm³/mol. The Morgan fingerprint density at radius 3 is 2.28 bits per heavy atom. The Hall–Kier alpha value is -0.520. The van der Waals surface area contributed by atoms with Crippen molar-refractivity contribution >= 4 is 0 Å². The van der Waals surface area contributed by atoms with Gasteiger partial charge >= 0.3 is 0 Å². The topological polar surface area (TPSA) is 15.3 Å². The van der Waals surface area contributed by atoms with Gasteiger partial charge in [-0.05, 0) is 44.8 Å². The maximum absolute atomic E-state index is 5.62. The van der Waals surface area contributed by atoms with Crippen LogP contribution in [0.5, 0.6) is 0 Å². The Balaban J connectivity index is 3.68. The second kappa shape index (κ2) is 10.4. The highest BCUT2D eigenvalue weighted by Crippen LogP contribution is 2.08. The zero-order valence-corrected chi connectivity index (χ0v) is 13.0. The van der Waals surface area contributed by atoms with Gasteiger partial charge in [-0.1, -0.05) is 27.7 Å². The third kappa shape index (κ3) is 10.6. The summed E-state index contributed by atoms with van der Waals surface area (Å²) in [5.41, 5.74) is 0. The minimum absolute atomic E-state index is 0.398. The van der Waals surface area contributed by atoms with Gasteiger partial charge in [0, 0.05) is 19.0 Å². The number of nitrogens with zero attached hydrogens (tertiary/aromatic N) is 1. The summed E-state index contributed by atoms with van der Waals surface area (Å²) in [6.07, 6.45) is 7.92. The summed E-state index contributed by atoms with van der Waals surface area (Å²) in [5, 5.41) is 3.47. The van der Waals surface area contributed by atoms with Gasteiger partial charge in [0.15, 0.2) is 0 Å². The molecule has 0 aromatic rings. The minimum atomic E-state index is 0.398. The van der Waals surface area contributed by atoms with Crippen LogP contribution in [0, 0.1) is 30.1 Å². The number of nitrogens with one attached hydrogen (secondary N) is 1. The summed E-state index contributed by atoms with van der Waals surface area (Å²) < 4.78 is 0. The maximum atomic E-state index is 5.62. The first-order valence-electron chi connectivity index (χ1n) is 7.31. The molecule has 0 aliphatic heterocycles. The van der Waals surface area contributed by atoms with Gasteiger partial charge in [-0.2, -0.15) is 0 Å². The Kier molecular flexibility index (Phi) is 10.1. The van der Waals surface area contributed by atoms with Crippen LogP contribution in [0.2, 0.25) is 0 Å². The van der Waals surface area contributed by atoms with Gasteiger partial charge in [-0.3, -0.25) is 0 Å². The van der Waals surface area contributed by atoms with E-state index in [0.29, 0.717) is 11.8 Å². The molecule has 18 heavy (non-hydrogen) atoms. The zero-order chi connectivity index (χ0) is 14.0. The van der Waals surface area contributed by atoms with Crippen molar-refractivity contribution in [3.05, 3.63) is 0 Å². The average molecular weight is 252 g/mol. The molecule has 0 saturated heterocycles. The fraction of sp³-hybridized carbons (Fsp3) is 0.875. The van der Waals surface area contributed by atoms with Gasteiger partial charge in [0.1, 0.15) is 0 Å². The van der Waals surface area contributed by atoms with Crippen LogP contribution in [0.15, 0.2) is 0 Å². The lowest BCUT2D eigenvalue weighted by atomic mass is 10.0. The molecule has 0 aliphatic rings. The highest BCUT2D eigenvalue weighted by Gasteiger charge is 2.09. The Morgan fingerprint density at radius 2 is 1.78 bits per heavy atom. The van der Waals surface area contributed by atoms with Crippen molar-refractivity contribution < 1.29 is 0 Å². The monoisotopic (exact) mass is 252 g/mol. The fourth-order valence-electron chi connectivity index (χ4n) is 2.17. The Bertz CT molecular complexity index is 228. The van der Waals surface area contributed by atoms with Crippen molar-refractivity contribution in [1.29, 1.82) is 0 Å². The number of hydrogen-bond donors (Lipinski definition) is 1. The van der Waals surface area contributed by atoms with E-state index in [2.05, 4.69) is 50.9 Å². The van der Waals surface area contributed by atoms with Gasteiger partial charge < -0.3 is 10.2 Å². The molecule has 0 aromatic heterocycles. The molecule has 0 bridgehead atoms. The van der Waals surface area contributed by atoms with Crippen molar-refractivity contribution in [2.24, 2.45) is 17.8 Å². The third-order valence-electron chi connectivity index (χ3n) is 2.90. The molecule has 106 valence electrons. The van der Waals surface area contributed by atoms with Crippen LogP contribution in [0.1, 0.15) is 40.5 Å². The Labute approximate surface area is 115 Å². The summed E-state index contributed by atoms with van der Waals surface area (Å²) in [6, 6.07) is 0. The van der Waals surface area contributed by atoms with Crippen molar-refractivity contribution in [3.8, 4) is 12.3 Å². The van der Waals surface area contributed by atoms with Crippen LogP contribution >= 0.6 is 0 Å². The molecule has 0 aliphatic carbocycles. The van der Waals surface area contributed by atoms with E-state index in [9.17, 15) is 0 Å². The van der Waals surface area contributed by atoms with E-state index in [4.69, 9.17) is 6.42 Å². The molecule has 0 spiro atoms. The summed E-state index contributed by atoms with van der Waals surface area (Å²) >= 11 is 0. The van der Waals surface area contributed by atoms with Gasteiger partial charge in [-0.25, -0.2) is 0 Å². The number of terminal acetylenes is 1. The van der Waals surface area contributed by atoms with Crippen molar-refractivity contribution in [3.63, 3.8) is 0 Å². The molecule has 0 heterocycles. The molecule has 2 nitrogen and oxygen atoms in total. The molecule has 0 rings (SSSR count). The predicted octanol–water partition coefficient (Wildman–Crippen LogP) is 2.85. The summed E-state index contributed by atoms with van der Waals surface area (Å²) in [6.45, 7) is 13.3. The quantitative estimate of drug-likeness (QED) is 0.475. The van der Waals surface area contributed by atoms with Crippen LogP contribution in [0.4, 0.5) is 0 Å². The van der Waals surface area contributed by atoms with E-state index in [1.54, 1.807) is 0 Å². The van der Waals surface area contributed by atoms with Gasteiger partial charge in [-0.15, -0.1) is 12.3 Å². The SMILES string of the molecule is C#CC(CCCNCC(C)C)CN(C)CC(C)C. The van der Waals surface area contributed by atoms with Gasteiger partial charge in [0.25, 0.3) is 0 Å². The van der Waals surface area contributed by atoms with E-state index >= 15 is 0 Å². The Morgan fingerprint density at radius 1 is 1.11 bits per heavy atom. The van der Waals surface area contributed by atoms with Gasteiger partial charge in [0.05, 0.1) is 0 Å². The number of hydrogen-bond acceptors (Lipinski definition) is 2. The second-order valence-corrected chi connectivity index (χ2v) is 6.22. The molecule has 0 aromatic carbocycles. The van der Waals surface area contributed by atoms with Gasteiger partial charge in [0.2, 0.25) is 0 Å². The molecule has 1 unspecified atom stereocenters. The fourth-order valence-corrected chi connectivity index (χ4v) is 2.17. The lowest BCUT2D eigenvalue weighted by Gasteiger charge is -2.22. The highest BCUT2D eigenvalue weighted by molar-refractivity contribution is 4.94. The first kappa shape index (κ1) is 17.5. The molecule has 0 radical (unpaired) electrons. The first-order valence-corrected chi connectivity index (χ1v) is 7.31. The standard InChI is InChI=1S/C16H32N2/c1-7-16(13-18(6)12-15(4)5)9-8-10-17-11-14(2)3/h1,14-17H,8-13H2,2-6H3. The average Bonchev–Trinajstić information content (AvgIpc) is 2.25. The molecule has 0 saturated carbocycles. The van der Waals surface area contributed by atoms with E-state index < -0.39 is 0 Å². The van der Waals surface area contributed by atoms with Crippen LogP contribution in [-0.2, 0) is 0 Å². The van der Waals surface area contributed by atoms with Crippen LogP contribution in [0.25, 0.3) is 0 Å². The largest absolute Gasteiger partial charge is 0.316 e. The molecule has 0 amide bonds. The van der Waals surface area contributed by atoms with Crippen molar-refractivity contribution in [1.82, 2.24) is 10.2 Å². The molecule has 2 heteroatoms. The second-order valence-electron chi connectivity index (χ2n) is 6.22. The smallest absolute Gasteiger partial charge is 0.0327 e. The molecule has 0 fully saturated rings. The summed E-state index contributed by atoms with van der Waals surface area (Å²) in [5.74, 6) is 4.77. The van der Waals surface area contributed by atoms with E-state index in [-0.39, 0.29) is 0 Å². The molecule has 1 N–H and O–H groups in total. The summed E-state index contributed by atoms with van der Waals surface area (Å²) in [7, 11) is 2.17. The molecular formula is C16H32N2. The maximum Gasteiger partial charge on any atom is 0.0327 e. The lowest BCUT2D eigenvalue weighted by Crippen LogP contribution is -2.29. The third-order valence-corrected chi connectivity index (χ3v) is 2.90. The first-order chi connectivity index (χ1) is 8.45. The summed E-state index contributed by atoms with van der Waals surface area (Å²) in [4.78, 5) is 2.36. The van der Waals surface area contributed by atoms with Crippen LogP contribution in [0.3, 0.4) is 0 Å². The zero-order valence-electron chi connectivity index (χ0n) is 13.0. The van der Waals surface area contributed by atoms with Crippen LogP contribution in [-0.4, -0.2) is 38.1 Å². The van der Waals surface area contributed by atoms with Crippen molar-refractivity contribution in [2.45, 2.75) is 40.5 Å². The highest BCUT2D eigenvalue weighted by atomic mass is 15.1. The van der Waals surface area contributed by atoms with E-state index in [1.165, 1.54) is 6.42 Å². The molecular weight excluding hydrogens is 220 g/mol. The lowest BCUT2D eigenvalue weighted by molar-refractivity contribution is 0.265. The van der Waals surface area contributed by atoms with E-state index in [0.717, 1.165) is 38.5 Å². The normalized spacial score (nSPS) is 13.3. The minimum Gasteiger partial charge on any atom is -0.316 e. The van der Waals surface area contributed by atoms with Crippen LogP contribution < -0.4 is 5.32 Å². The van der Waals surface area contributed by atoms with Crippen molar-refractivity contribution in [2.75, 3.05) is 33.2 Å². The molecule has 1 atom stereocenters. The van der Waals surface area contributed by atoms with E-state index in [1.807, 2.05) is 0 Å².